The van der Waals surface area contributed by atoms with Gasteiger partial charge >= 0.3 is 0 Å². The minimum absolute atomic E-state index is 0. The van der Waals surface area contributed by atoms with E-state index in [1.54, 1.807) is 13.2 Å². The van der Waals surface area contributed by atoms with Crippen LogP contribution in [0.2, 0.25) is 0 Å². The Labute approximate surface area is 195 Å². The molecule has 2 aromatic rings. The van der Waals surface area contributed by atoms with E-state index >= 15 is 0 Å². The SMILES string of the molecule is CN=C(NCc1cccc(C)c1)NCc1cccnc1N1CCCC(C(N)=O)C1.I. The van der Waals surface area contributed by atoms with Crippen molar-refractivity contribution in [3.63, 3.8) is 0 Å². The lowest BCUT2D eigenvalue weighted by Gasteiger charge is -2.33. The van der Waals surface area contributed by atoms with Crippen LogP contribution in [-0.4, -0.2) is 37.0 Å². The number of amides is 1. The van der Waals surface area contributed by atoms with Gasteiger partial charge in [0.2, 0.25) is 5.91 Å². The van der Waals surface area contributed by atoms with E-state index in [0.717, 1.165) is 36.7 Å². The van der Waals surface area contributed by atoms with Gasteiger partial charge in [0.15, 0.2) is 5.96 Å². The van der Waals surface area contributed by atoms with E-state index in [2.05, 4.69) is 62.8 Å². The summed E-state index contributed by atoms with van der Waals surface area (Å²) in [5.41, 5.74) is 9.04. The number of aromatic nitrogens is 1. The number of primary amides is 1. The molecule has 1 unspecified atom stereocenters. The van der Waals surface area contributed by atoms with E-state index in [-0.39, 0.29) is 35.8 Å². The number of piperidine rings is 1. The van der Waals surface area contributed by atoms with Gasteiger partial charge in [0.25, 0.3) is 0 Å². The standard InChI is InChI=1S/C22H30N6O.HI/c1-16-6-3-7-17(12-16)13-26-22(24-2)27-14-18-8-4-10-25-21(18)28-11-5-9-19(15-28)20(23)29;/h3-4,6-8,10,12,19H,5,9,11,13-15H2,1-2H3,(H2,23,29)(H2,24,26,27);1H. The number of halogens is 1. The molecule has 1 amide bonds. The van der Waals surface area contributed by atoms with Gasteiger partial charge in [-0.2, -0.15) is 0 Å². The predicted octanol–water partition coefficient (Wildman–Crippen LogP) is 2.57. The van der Waals surface area contributed by atoms with Crippen LogP contribution < -0.4 is 21.3 Å². The van der Waals surface area contributed by atoms with Crippen molar-refractivity contribution in [2.24, 2.45) is 16.6 Å². The molecule has 3 rings (SSSR count). The summed E-state index contributed by atoms with van der Waals surface area (Å²) < 4.78 is 0. The summed E-state index contributed by atoms with van der Waals surface area (Å²) in [6.07, 6.45) is 3.58. The first kappa shape index (κ1) is 23.9. The Balaban J connectivity index is 0.00000320. The first-order chi connectivity index (χ1) is 14.1. The number of aliphatic imine (C=N–C) groups is 1. The number of hydrogen-bond donors (Lipinski definition) is 3. The maximum Gasteiger partial charge on any atom is 0.222 e. The molecule has 30 heavy (non-hydrogen) atoms. The van der Waals surface area contributed by atoms with Gasteiger partial charge in [0.1, 0.15) is 5.82 Å². The van der Waals surface area contributed by atoms with Crippen LogP contribution in [0.1, 0.15) is 29.5 Å². The number of hydrogen-bond acceptors (Lipinski definition) is 4. The average Bonchev–Trinajstić information content (AvgIpc) is 2.74. The Morgan fingerprint density at radius 3 is 2.80 bits per heavy atom. The Kier molecular flexibility index (Phi) is 9.35. The van der Waals surface area contributed by atoms with Crippen molar-refractivity contribution in [2.45, 2.75) is 32.9 Å². The topological polar surface area (TPSA) is 95.6 Å². The number of guanidine groups is 1. The monoisotopic (exact) mass is 522 g/mol. The number of anilines is 1. The fourth-order valence-electron chi connectivity index (χ4n) is 3.66. The summed E-state index contributed by atoms with van der Waals surface area (Å²) in [5, 5.41) is 6.71. The Morgan fingerprint density at radius 2 is 2.07 bits per heavy atom. The zero-order valence-electron chi connectivity index (χ0n) is 17.6. The summed E-state index contributed by atoms with van der Waals surface area (Å²) in [6, 6.07) is 12.4. The summed E-state index contributed by atoms with van der Waals surface area (Å²) in [7, 11) is 1.76. The minimum Gasteiger partial charge on any atom is -0.369 e. The molecule has 1 saturated heterocycles. The molecule has 0 bridgehead atoms. The number of benzene rings is 1. The van der Waals surface area contributed by atoms with E-state index < -0.39 is 0 Å². The predicted molar refractivity (Wildman–Crippen MR) is 132 cm³/mol. The van der Waals surface area contributed by atoms with Crippen LogP contribution in [-0.2, 0) is 17.9 Å². The van der Waals surface area contributed by atoms with Crippen LogP contribution in [0.5, 0.6) is 0 Å². The van der Waals surface area contributed by atoms with Crippen molar-refractivity contribution >= 4 is 41.7 Å². The van der Waals surface area contributed by atoms with Gasteiger partial charge in [0, 0.05) is 45.0 Å². The lowest BCUT2D eigenvalue weighted by molar-refractivity contribution is -0.122. The number of nitrogens with one attached hydrogen (secondary N) is 2. The maximum absolute atomic E-state index is 11.6. The fraction of sp³-hybridized carbons (Fsp3) is 0.409. The molecule has 7 nitrogen and oxygen atoms in total. The number of rotatable bonds is 6. The van der Waals surface area contributed by atoms with Crippen LogP contribution in [0, 0.1) is 12.8 Å². The molecule has 1 aromatic carbocycles. The number of carbonyl (C=O) groups excluding carboxylic acids is 1. The Bertz CT molecular complexity index is 872. The van der Waals surface area contributed by atoms with Gasteiger partial charge in [-0.05, 0) is 31.4 Å². The lowest BCUT2D eigenvalue weighted by Crippen LogP contribution is -2.42. The third kappa shape index (κ3) is 6.58. The Morgan fingerprint density at radius 1 is 1.27 bits per heavy atom. The molecule has 0 radical (unpaired) electrons. The van der Waals surface area contributed by atoms with Crippen LogP contribution >= 0.6 is 24.0 Å². The molecular formula is C22H31IN6O. The second kappa shape index (κ2) is 11.7. The van der Waals surface area contributed by atoms with Crippen LogP contribution in [0.4, 0.5) is 5.82 Å². The molecule has 1 fully saturated rings. The molecule has 8 heteroatoms. The van der Waals surface area contributed by atoms with Gasteiger partial charge in [0.05, 0.1) is 5.92 Å². The molecule has 1 aliphatic rings. The van der Waals surface area contributed by atoms with E-state index in [1.807, 2.05) is 6.07 Å². The van der Waals surface area contributed by atoms with Crippen molar-refractivity contribution in [2.75, 3.05) is 25.0 Å². The van der Waals surface area contributed by atoms with Crippen LogP contribution in [0.3, 0.4) is 0 Å². The first-order valence-electron chi connectivity index (χ1n) is 10.0. The van der Waals surface area contributed by atoms with E-state index in [0.29, 0.717) is 19.6 Å². The maximum atomic E-state index is 11.6. The zero-order valence-corrected chi connectivity index (χ0v) is 19.9. The van der Waals surface area contributed by atoms with Crippen molar-refractivity contribution in [1.29, 1.82) is 0 Å². The van der Waals surface area contributed by atoms with Gasteiger partial charge in [-0.15, -0.1) is 24.0 Å². The highest BCUT2D eigenvalue weighted by Crippen LogP contribution is 2.24. The fourth-order valence-corrected chi connectivity index (χ4v) is 3.66. The Hall–Kier alpha value is -2.36. The molecule has 4 N–H and O–H groups in total. The van der Waals surface area contributed by atoms with Gasteiger partial charge in [-0.25, -0.2) is 4.98 Å². The number of carbonyl (C=O) groups is 1. The number of pyridine rings is 1. The number of aryl methyl sites for hydroxylation is 1. The molecule has 0 spiro atoms. The molecule has 0 saturated carbocycles. The van der Waals surface area contributed by atoms with Gasteiger partial charge in [-0.3, -0.25) is 9.79 Å². The second-order valence-electron chi connectivity index (χ2n) is 7.44. The van der Waals surface area contributed by atoms with Crippen molar-refractivity contribution in [1.82, 2.24) is 15.6 Å². The van der Waals surface area contributed by atoms with Crippen LogP contribution in [0.15, 0.2) is 47.6 Å². The molecule has 1 atom stereocenters. The largest absolute Gasteiger partial charge is 0.369 e. The van der Waals surface area contributed by atoms with Crippen molar-refractivity contribution in [3.05, 3.63) is 59.3 Å². The van der Waals surface area contributed by atoms with E-state index in [4.69, 9.17) is 5.73 Å². The van der Waals surface area contributed by atoms with Crippen molar-refractivity contribution in [3.8, 4) is 0 Å². The number of nitrogens with two attached hydrogens (primary N) is 1. The highest BCUT2D eigenvalue weighted by Gasteiger charge is 2.25. The average molecular weight is 522 g/mol. The lowest BCUT2D eigenvalue weighted by atomic mass is 9.97. The minimum atomic E-state index is -0.231. The molecule has 162 valence electrons. The molecule has 2 heterocycles. The normalized spacial score (nSPS) is 16.5. The zero-order chi connectivity index (χ0) is 20.6. The van der Waals surface area contributed by atoms with Gasteiger partial charge < -0.3 is 21.3 Å². The van der Waals surface area contributed by atoms with Gasteiger partial charge in [-0.1, -0.05) is 35.9 Å². The third-order valence-corrected chi connectivity index (χ3v) is 5.20. The second-order valence-corrected chi connectivity index (χ2v) is 7.44. The number of nitrogens with zero attached hydrogens (tertiary/aromatic N) is 3. The van der Waals surface area contributed by atoms with E-state index in [9.17, 15) is 4.79 Å². The first-order valence-corrected chi connectivity index (χ1v) is 10.0. The summed E-state index contributed by atoms with van der Waals surface area (Å²) in [6.45, 7) is 4.89. The van der Waals surface area contributed by atoms with Crippen molar-refractivity contribution < 1.29 is 4.79 Å². The summed E-state index contributed by atoms with van der Waals surface area (Å²) in [5.74, 6) is 1.29. The third-order valence-electron chi connectivity index (χ3n) is 5.20. The highest BCUT2D eigenvalue weighted by molar-refractivity contribution is 14.0. The molecular weight excluding hydrogens is 491 g/mol. The molecule has 0 aliphatic carbocycles. The summed E-state index contributed by atoms with van der Waals surface area (Å²) >= 11 is 0. The molecule has 1 aromatic heterocycles. The summed E-state index contributed by atoms with van der Waals surface area (Å²) in [4.78, 5) is 22.7. The smallest absolute Gasteiger partial charge is 0.222 e. The van der Waals surface area contributed by atoms with E-state index in [1.165, 1.54) is 11.1 Å². The highest BCUT2D eigenvalue weighted by atomic mass is 127. The molecule has 1 aliphatic heterocycles. The van der Waals surface area contributed by atoms with Crippen LogP contribution in [0.25, 0.3) is 0 Å². The quantitative estimate of drug-likeness (QED) is 0.308.